The molecule has 3 aromatic rings. The number of hydrogen-bond acceptors (Lipinski definition) is 3. The van der Waals surface area contributed by atoms with Crippen LogP contribution in [0.15, 0.2) is 89.5 Å². The van der Waals surface area contributed by atoms with Gasteiger partial charge >= 0.3 is 5.82 Å². The summed E-state index contributed by atoms with van der Waals surface area (Å²) in [7, 11) is 12.0. The van der Waals surface area contributed by atoms with Crippen LogP contribution in [0.25, 0.3) is 6.08 Å². The number of benzene rings is 2. The highest BCUT2D eigenvalue weighted by Gasteiger charge is 2.19. The Balaban J connectivity index is 2.15. The number of amidine groups is 2. The van der Waals surface area contributed by atoms with Gasteiger partial charge in [0, 0.05) is 65.7 Å². The third-order valence-corrected chi connectivity index (χ3v) is 4.66. The molecule has 0 aliphatic carbocycles. The van der Waals surface area contributed by atoms with Gasteiger partial charge in [-0.1, -0.05) is 80.2 Å². The average Bonchev–Trinajstić information content (AvgIpc) is 3.16. The highest BCUT2D eigenvalue weighted by atomic mass is 15.5. The van der Waals surface area contributed by atoms with Crippen molar-refractivity contribution < 1.29 is 4.68 Å². The number of imidazole rings is 1. The predicted octanol–water partition coefficient (Wildman–Crippen LogP) is 2.85. The minimum Gasteiger partial charge on any atom is -0.383 e. The highest BCUT2D eigenvalue weighted by Crippen LogP contribution is 2.08. The predicted molar refractivity (Wildman–Crippen MR) is 131 cm³/mol. The molecule has 0 amide bonds. The molecule has 3 rings (SSSR count). The van der Waals surface area contributed by atoms with Crippen LogP contribution in [0.3, 0.4) is 0 Å². The molecule has 0 saturated heterocycles. The quantitative estimate of drug-likeness (QED) is 0.343. The van der Waals surface area contributed by atoms with Gasteiger partial charge < -0.3 is 14.7 Å². The van der Waals surface area contributed by atoms with Crippen LogP contribution in [0.4, 0.5) is 0 Å². The van der Waals surface area contributed by atoms with Gasteiger partial charge in [0.25, 0.3) is 0 Å². The first kappa shape index (κ1) is 22.8. The molecule has 0 radical (unpaired) electrons. The lowest BCUT2D eigenvalue weighted by Gasteiger charge is -2.14. The van der Waals surface area contributed by atoms with E-state index in [1.165, 1.54) is 0 Å². The van der Waals surface area contributed by atoms with Crippen LogP contribution in [0, 0.1) is 0 Å². The van der Waals surface area contributed by atoms with Gasteiger partial charge in [-0.3, -0.25) is 0 Å². The van der Waals surface area contributed by atoms with Gasteiger partial charge in [-0.25, -0.2) is 0 Å². The van der Waals surface area contributed by atoms with Crippen LogP contribution >= 0.6 is 0 Å². The third-order valence-electron chi connectivity index (χ3n) is 4.66. The fourth-order valence-corrected chi connectivity index (χ4v) is 3.11. The Hall–Kier alpha value is -3.87. The van der Waals surface area contributed by atoms with Crippen molar-refractivity contribution in [3.63, 3.8) is 0 Å². The third kappa shape index (κ3) is 5.63. The van der Waals surface area contributed by atoms with Crippen molar-refractivity contribution in [3.05, 3.63) is 96.2 Å². The number of rotatable bonds is 6. The SMILES string of the molecule is CN(C)C=Cc1n(N=C(c2ccccc2)N(C)C)cc[n+]1N=C(c1ccccc1)N(C)C. The molecule has 0 bridgehead atoms. The summed E-state index contributed by atoms with van der Waals surface area (Å²) >= 11 is 0. The zero-order valence-electron chi connectivity index (χ0n) is 19.7. The van der Waals surface area contributed by atoms with Gasteiger partial charge in [0.1, 0.15) is 0 Å². The summed E-state index contributed by atoms with van der Waals surface area (Å²) in [5.74, 6) is 2.53. The minimum atomic E-state index is 0.823. The maximum Gasteiger partial charge on any atom is 0.334 e. The molecule has 166 valence electrons. The van der Waals surface area contributed by atoms with E-state index in [0.29, 0.717) is 0 Å². The van der Waals surface area contributed by atoms with Crippen LogP contribution < -0.4 is 4.68 Å². The van der Waals surface area contributed by atoms with Gasteiger partial charge in [0.2, 0.25) is 0 Å². The van der Waals surface area contributed by atoms with Crippen molar-refractivity contribution >= 4 is 17.7 Å². The summed E-state index contributed by atoms with van der Waals surface area (Å²) in [4.78, 5) is 6.01. The zero-order chi connectivity index (χ0) is 23.1. The molecule has 0 aliphatic heterocycles. The lowest BCUT2D eigenvalue weighted by molar-refractivity contribution is -0.680. The standard InChI is InChI=1S/C25H32N7/c1-28(2)18-17-23-31(26-24(29(3)4)21-13-9-7-10-14-21)19-20-32(23)27-25(30(5)6)22-15-11-8-12-16-22/h7-20H,1-6H3/q+1. The van der Waals surface area contributed by atoms with Crippen LogP contribution in [-0.4, -0.2) is 73.3 Å². The van der Waals surface area contributed by atoms with Gasteiger partial charge in [0.05, 0.1) is 0 Å². The Kier molecular flexibility index (Phi) is 7.44. The van der Waals surface area contributed by atoms with E-state index in [2.05, 4.69) is 24.3 Å². The Labute approximate surface area is 190 Å². The first-order valence-electron chi connectivity index (χ1n) is 10.5. The lowest BCUT2D eigenvalue weighted by Crippen LogP contribution is -2.36. The van der Waals surface area contributed by atoms with Gasteiger partial charge in [0.15, 0.2) is 24.1 Å². The van der Waals surface area contributed by atoms with E-state index < -0.39 is 0 Å². The molecule has 1 aromatic heterocycles. The van der Waals surface area contributed by atoms with Crippen molar-refractivity contribution in [3.8, 4) is 0 Å². The molecular weight excluding hydrogens is 398 g/mol. The fraction of sp³-hybridized carbons (Fsp3) is 0.240. The smallest absolute Gasteiger partial charge is 0.334 e. The second-order valence-electron chi connectivity index (χ2n) is 7.99. The monoisotopic (exact) mass is 430 g/mol. The van der Waals surface area contributed by atoms with E-state index in [1.807, 2.05) is 127 Å². The summed E-state index contributed by atoms with van der Waals surface area (Å²) in [5, 5.41) is 9.88. The Morgan fingerprint density at radius 2 is 1.31 bits per heavy atom. The van der Waals surface area contributed by atoms with E-state index >= 15 is 0 Å². The lowest BCUT2D eigenvalue weighted by atomic mass is 10.2. The Morgan fingerprint density at radius 1 is 0.781 bits per heavy atom. The molecule has 7 nitrogen and oxygen atoms in total. The Morgan fingerprint density at radius 3 is 1.81 bits per heavy atom. The van der Waals surface area contributed by atoms with E-state index in [4.69, 9.17) is 10.2 Å². The van der Waals surface area contributed by atoms with Crippen LogP contribution in [0.2, 0.25) is 0 Å². The molecule has 0 unspecified atom stereocenters. The maximum absolute atomic E-state index is 4.94. The van der Waals surface area contributed by atoms with E-state index in [-0.39, 0.29) is 0 Å². The molecule has 1 heterocycles. The van der Waals surface area contributed by atoms with Crippen molar-refractivity contribution in [2.75, 3.05) is 42.3 Å². The zero-order valence-corrected chi connectivity index (χ0v) is 19.7. The minimum absolute atomic E-state index is 0.823. The second kappa shape index (κ2) is 10.4. The molecule has 0 saturated carbocycles. The van der Waals surface area contributed by atoms with Crippen LogP contribution in [-0.2, 0) is 0 Å². The summed E-state index contributed by atoms with van der Waals surface area (Å²) in [5.41, 5.74) is 2.09. The summed E-state index contributed by atoms with van der Waals surface area (Å²) in [6.45, 7) is 0. The molecule has 0 atom stereocenters. The molecule has 0 fully saturated rings. The average molecular weight is 431 g/mol. The first-order valence-corrected chi connectivity index (χ1v) is 10.5. The summed E-state index contributed by atoms with van der Waals surface area (Å²) in [6, 6.07) is 20.3. The van der Waals surface area contributed by atoms with E-state index in [1.54, 1.807) is 0 Å². The number of nitrogens with zero attached hydrogens (tertiary/aromatic N) is 7. The normalized spacial score (nSPS) is 12.3. The molecule has 2 aromatic carbocycles. The maximum atomic E-state index is 4.94. The van der Waals surface area contributed by atoms with Crippen molar-refractivity contribution in [2.45, 2.75) is 0 Å². The molecule has 32 heavy (non-hydrogen) atoms. The van der Waals surface area contributed by atoms with Crippen LogP contribution in [0.1, 0.15) is 17.0 Å². The molecular formula is C25H32N7+. The molecule has 7 heteroatoms. The van der Waals surface area contributed by atoms with Gasteiger partial charge in [-0.2, -0.15) is 0 Å². The molecule has 0 N–H and O–H groups in total. The van der Waals surface area contributed by atoms with Crippen molar-refractivity contribution in [1.82, 2.24) is 19.4 Å². The second-order valence-corrected chi connectivity index (χ2v) is 7.99. The van der Waals surface area contributed by atoms with Crippen LogP contribution in [0.5, 0.6) is 0 Å². The topological polar surface area (TPSA) is 43.3 Å². The van der Waals surface area contributed by atoms with E-state index in [0.717, 1.165) is 28.6 Å². The molecule has 0 aliphatic rings. The number of aromatic nitrogens is 2. The van der Waals surface area contributed by atoms with Gasteiger partial charge in [-0.15, -0.1) is 0 Å². The summed E-state index contributed by atoms with van der Waals surface area (Å²) in [6.07, 6.45) is 7.83. The van der Waals surface area contributed by atoms with Crippen molar-refractivity contribution in [1.29, 1.82) is 0 Å². The summed E-state index contributed by atoms with van der Waals surface area (Å²) < 4.78 is 3.70. The fourth-order valence-electron chi connectivity index (χ4n) is 3.11. The number of hydrogen-bond donors (Lipinski definition) is 0. The Bertz CT molecular complexity index is 1010. The molecule has 0 spiro atoms. The van der Waals surface area contributed by atoms with Gasteiger partial charge in [-0.05, 0) is 0 Å². The van der Waals surface area contributed by atoms with Crippen molar-refractivity contribution in [2.24, 2.45) is 10.2 Å². The first-order chi connectivity index (χ1) is 15.4. The highest BCUT2D eigenvalue weighted by molar-refractivity contribution is 5.98. The largest absolute Gasteiger partial charge is 0.383 e. The van der Waals surface area contributed by atoms with E-state index in [9.17, 15) is 0 Å².